The number of aryl methyl sites for hydroxylation is 4. The summed E-state index contributed by atoms with van der Waals surface area (Å²) in [5.74, 6) is 0. The average Bonchev–Trinajstić information content (AvgIpc) is 3.97. The van der Waals surface area contributed by atoms with Gasteiger partial charge in [-0.2, -0.15) is 31.6 Å². The van der Waals surface area contributed by atoms with Gasteiger partial charge in [0.15, 0.2) is 0 Å². The molecular formula is C67H45F6N3. The van der Waals surface area contributed by atoms with E-state index in [9.17, 15) is 5.26 Å². The van der Waals surface area contributed by atoms with E-state index in [-0.39, 0.29) is 16.9 Å². The SMILES string of the molecule is Cc1cccc(-c2ccc3c(c2)c2cc(-c4cccc(C)c4)ccc2n3-c2ccc(-c3c(C(F)(F)F)cccc3C(F)(F)F)c(-n3c4ccc(-c5cccc(C)c5)cc4c4cc(-c5cccc(C)c5)ccc43)c2C#N)c1. The van der Waals surface area contributed by atoms with Crippen LogP contribution >= 0.6 is 0 Å². The van der Waals surface area contributed by atoms with Gasteiger partial charge >= 0.3 is 12.4 Å². The molecule has 0 fully saturated rings. The summed E-state index contributed by atoms with van der Waals surface area (Å²) >= 11 is 0. The van der Waals surface area contributed by atoms with Crippen LogP contribution < -0.4 is 0 Å². The summed E-state index contributed by atoms with van der Waals surface area (Å²) in [5, 5.41) is 14.9. The van der Waals surface area contributed by atoms with Crippen LogP contribution in [0.25, 0.3) is 111 Å². The first kappa shape index (κ1) is 47.8. The Morgan fingerprint density at radius 3 is 0.987 bits per heavy atom. The van der Waals surface area contributed by atoms with Crippen LogP contribution in [0.5, 0.6) is 0 Å². The van der Waals surface area contributed by atoms with Crippen molar-refractivity contribution in [1.29, 1.82) is 5.26 Å². The molecule has 0 aliphatic heterocycles. The van der Waals surface area contributed by atoms with Crippen LogP contribution in [0.2, 0.25) is 0 Å². The van der Waals surface area contributed by atoms with Crippen LogP contribution in [0.3, 0.4) is 0 Å². The summed E-state index contributed by atoms with van der Waals surface area (Å²) in [6.45, 7) is 8.05. The van der Waals surface area contributed by atoms with E-state index in [0.717, 1.165) is 83.6 Å². The Morgan fingerprint density at radius 1 is 0.355 bits per heavy atom. The van der Waals surface area contributed by atoms with Crippen LogP contribution in [0.4, 0.5) is 26.3 Å². The second-order valence-electron chi connectivity index (χ2n) is 19.8. The van der Waals surface area contributed by atoms with Crippen LogP contribution in [0.15, 0.2) is 200 Å². The Labute approximate surface area is 434 Å². The van der Waals surface area contributed by atoms with Gasteiger partial charge in [-0.25, -0.2) is 0 Å². The monoisotopic (exact) mass is 1010 g/mol. The highest BCUT2D eigenvalue weighted by Crippen LogP contribution is 2.50. The molecule has 0 saturated heterocycles. The molecule has 370 valence electrons. The lowest BCUT2D eigenvalue weighted by Gasteiger charge is -2.24. The van der Waals surface area contributed by atoms with Crippen molar-refractivity contribution >= 4 is 43.6 Å². The van der Waals surface area contributed by atoms with Crippen molar-refractivity contribution in [3.05, 3.63) is 239 Å². The first-order valence-corrected chi connectivity index (χ1v) is 24.8. The molecule has 0 aliphatic carbocycles. The molecule has 0 saturated carbocycles. The second kappa shape index (κ2) is 18.1. The van der Waals surface area contributed by atoms with Gasteiger partial charge < -0.3 is 9.13 Å². The lowest BCUT2D eigenvalue weighted by molar-refractivity contribution is -0.142. The summed E-state index contributed by atoms with van der Waals surface area (Å²) in [6, 6.07) is 63.3. The number of nitrogens with zero attached hydrogens (tertiary/aromatic N) is 3. The number of hydrogen-bond donors (Lipinski definition) is 0. The van der Waals surface area contributed by atoms with Gasteiger partial charge in [0.1, 0.15) is 11.6 Å². The lowest BCUT2D eigenvalue weighted by atomic mass is 9.90. The van der Waals surface area contributed by atoms with Gasteiger partial charge in [0.2, 0.25) is 0 Å². The highest BCUT2D eigenvalue weighted by molar-refractivity contribution is 6.14. The highest BCUT2D eigenvalue weighted by Gasteiger charge is 2.42. The zero-order chi connectivity index (χ0) is 52.8. The molecule has 2 heterocycles. The summed E-state index contributed by atoms with van der Waals surface area (Å²) < 4.78 is 96.6. The molecule has 0 atom stereocenters. The Kier molecular flexibility index (Phi) is 11.4. The molecule has 0 aliphatic rings. The van der Waals surface area contributed by atoms with E-state index in [1.54, 1.807) is 4.57 Å². The first-order valence-electron chi connectivity index (χ1n) is 24.8. The maximum absolute atomic E-state index is 15.5. The Hall–Kier alpha value is -9.13. The quantitative estimate of drug-likeness (QED) is 0.147. The van der Waals surface area contributed by atoms with Crippen molar-refractivity contribution in [2.24, 2.45) is 0 Å². The van der Waals surface area contributed by atoms with Gasteiger partial charge in [0.05, 0.1) is 44.6 Å². The van der Waals surface area contributed by atoms with Gasteiger partial charge in [-0.15, -0.1) is 0 Å². The summed E-state index contributed by atoms with van der Waals surface area (Å²) in [4.78, 5) is 0. The van der Waals surface area contributed by atoms with E-state index in [4.69, 9.17) is 0 Å². The molecule has 0 amide bonds. The number of nitriles is 1. The second-order valence-corrected chi connectivity index (χ2v) is 19.8. The van der Waals surface area contributed by atoms with Crippen molar-refractivity contribution in [2.75, 3.05) is 0 Å². The average molecular weight is 1010 g/mol. The fourth-order valence-corrected chi connectivity index (χ4v) is 11.2. The Morgan fingerprint density at radius 2 is 0.671 bits per heavy atom. The number of aromatic nitrogens is 2. The van der Waals surface area contributed by atoms with E-state index >= 15 is 26.3 Å². The number of fused-ring (bicyclic) bond motifs is 6. The number of hydrogen-bond acceptors (Lipinski definition) is 1. The van der Waals surface area contributed by atoms with E-state index < -0.39 is 34.6 Å². The topological polar surface area (TPSA) is 33.6 Å². The smallest absolute Gasteiger partial charge is 0.308 e. The van der Waals surface area contributed by atoms with Gasteiger partial charge in [-0.05, 0) is 139 Å². The van der Waals surface area contributed by atoms with Gasteiger partial charge in [0, 0.05) is 32.7 Å². The third-order valence-electron chi connectivity index (χ3n) is 14.6. The normalized spacial score (nSPS) is 12.1. The predicted octanol–water partition coefficient (Wildman–Crippen LogP) is 19.4. The molecule has 10 aromatic carbocycles. The van der Waals surface area contributed by atoms with Gasteiger partial charge in [-0.1, -0.05) is 156 Å². The van der Waals surface area contributed by atoms with Crippen LogP contribution in [0, 0.1) is 39.0 Å². The molecule has 9 heteroatoms. The predicted molar refractivity (Wildman–Crippen MR) is 296 cm³/mol. The summed E-state index contributed by atoms with van der Waals surface area (Å²) in [7, 11) is 0. The standard InChI is InChI=1S/C67H45F6N3/c1-39-10-5-14-43(30-39)47-20-25-59-52(34-47)53-35-48(44-15-6-11-40(2)31-44)21-26-60(53)75(59)63-29-24-51(64-57(66(68,69)70)18-9-19-58(64)67(71,72)73)65(56(63)38-74)76-61-27-22-49(45-16-7-12-41(3)32-45)36-54(61)55-37-50(23-28-62(55)76)46-17-8-13-42(4)33-46/h5-37H,1-4H3. The number of rotatable bonds is 7. The van der Waals surface area contributed by atoms with Crippen LogP contribution in [0.1, 0.15) is 38.9 Å². The lowest BCUT2D eigenvalue weighted by Crippen LogP contribution is -2.16. The molecular weight excluding hydrogens is 961 g/mol. The molecule has 0 N–H and O–H groups in total. The third kappa shape index (κ3) is 8.18. The zero-order valence-electron chi connectivity index (χ0n) is 41.7. The molecule has 12 aromatic rings. The van der Waals surface area contributed by atoms with Crippen molar-refractivity contribution in [3.8, 4) is 73.1 Å². The minimum absolute atomic E-state index is 0.128. The van der Waals surface area contributed by atoms with Crippen LogP contribution in [-0.2, 0) is 12.4 Å². The minimum atomic E-state index is -5.22. The zero-order valence-corrected chi connectivity index (χ0v) is 41.7. The molecule has 2 aromatic heterocycles. The molecule has 76 heavy (non-hydrogen) atoms. The number of halogens is 6. The first-order chi connectivity index (χ1) is 36.5. The molecule has 0 radical (unpaired) electrons. The van der Waals surface area contributed by atoms with E-state index in [2.05, 4.69) is 42.5 Å². The maximum Gasteiger partial charge on any atom is 0.417 e. The Bertz CT molecular complexity index is 4150. The summed E-state index contributed by atoms with van der Waals surface area (Å²) in [6.07, 6.45) is -10.4. The number of benzene rings is 10. The molecule has 0 unspecified atom stereocenters. The summed E-state index contributed by atoms with van der Waals surface area (Å²) in [5.41, 5.74) is 9.57. The van der Waals surface area contributed by atoms with Crippen molar-refractivity contribution in [1.82, 2.24) is 9.13 Å². The van der Waals surface area contributed by atoms with Gasteiger partial charge in [-0.3, -0.25) is 0 Å². The Balaban J connectivity index is 1.23. The third-order valence-corrected chi connectivity index (χ3v) is 14.6. The highest BCUT2D eigenvalue weighted by atomic mass is 19.4. The van der Waals surface area contributed by atoms with E-state index in [1.807, 2.05) is 166 Å². The van der Waals surface area contributed by atoms with E-state index in [0.29, 0.717) is 45.0 Å². The van der Waals surface area contributed by atoms with Crippen molar-refractivity contribution in [2.45, 2.75) is 40.0 Å². The fraction of sp³-hybridized carbons (Fsp3) is 0.0896. The van der Waals surface area contributed by atoms with Crippen molar-refractivity contribution < 1.29 is 26.3 Å². The number of alkyl halides is 6. The van der Waals surface area contributed by atoms with Gasteiger partial charge in [0.25, 0.3) is 0 Å². The van der Waals surface area contributed by atoms with Crippen molar-refractivity contribution in [3.63, 3.8) is 0 Å². The fourth-order valence-electron chi connectivity index (χ4n) is 11.2. The van der Waals surface area contributed by atoms with Crippen LogP contribution in [-0.4, -0.2) is 9.13 Å². The maximum atomic E-state index is 15.5. The molecule has 12 rings (SSSR count). The molecule has 3 nitrogen and oxygen atoms in total. The minimum Gasteiger partial charge on any atom is -0.308 e. The molecule has 0 bridgehead atoms. The largest absolute Gasteiger partial charge is 0.417 e. The van der Waals surface area contributed by atoms with E-state index in [1.165, 1.54) is 12.1 Å². The molecule has 0 spiro atoms.